The van der Waals surface area contributed by atoms with E-state index in [1.807, 2.05) is 26.2 Å². The van der Waals surface area contributed by atoms with Crippen LogP contribution in [0.2, 0.25) is 0 Å². The first-order chi connectivity index (χ1) is 11.2. The van der Waals surface area contributed by atoms with Crippen LogP contribution in [0.15, 0.2) is 24.3 Å². The summed E-state index contributed by atoms with van der Waals surface area (Å²) in [5.74, 6) is 1.35. The van der Waals surface area contributed by atoms with Crippen molar-refractivity contribution in [3.05, 3.63) is 34.8 Å². The fourth-order valence-corrected chi connectivity index (χ4v) is 3.89. The van der Waals surface area contributed by atoms with Gasteiger partial charge in [-0.05, 0) is 37.5 Å². The summed E-state index contributed by atoms with van der Waals surface area (Å²) in [4.78, 5) is 2.34. The maximum Gasteiger partial charge on any atom is 0.208 e. The molecule has 0 spiro atoms. The Morgan fingerprint density at radius 2 is 2.00 bits per heavy atom. The predicted molar refractivity (Wildman–Crippen MR) is 92.5 cm³/mol. The number of ether oxygens (including phenoxy) is 2. The number of nitrogens with zero attached hydrogens (tertiary/aromatic N) is 3. The highest BCUT2D eigenvalue weighted by molar-refractivity contribution is 7.15. The summed E-state index contributed by atoms with van der Waals surface area (Å²) in [6.07, 6.45) is 2.31. The molecule has 1 aromatic carbocycles. The lowest BCUT2D eigenvalue weighted by Gasteiger charge is -2.37. The zero-order chi connectivity index (χ0) is 16.2. The Labute approximate surface area is 141 Å². The third-order valence-electron chi connectivity index (χ3n) is 4.41. The monoisotopic (exact) mass is 333 g/mol. The minimum absolute atomic E-state index is 0.294. The molecule has 1 aromatic heterocycles. The smallest absolute Gasteiger partial charge is 0.208 e. The van der Waals surface area contributed by atoms with Crippen molar-refractivity contribution in [1.29, 1.82) is 0 Å². The van der Waals surface area contributed by atoms with Gasteiger partial charge in [-0.15, -0.1) is 10.2 Å². The molecule has 1 aliphatic heterocycles. The molecule has 6 heteroatoms. The minimum Gasteiger partial charge on any atom is -0.497 e. The van der Waals surface area contributed by atoms with E-state index in [1.165, 1.54) is 5.56 Å². The van der Waals surface area contributed by atoms with Crippen LogP contribution in [0, 0.1) is 12.8 Å². The van der Waals surface area contributed by atoms with Crippen molar-refractivity contribution in [2.75, 3.05) is 32.2 Å². The Bertz CT molecular complexity index is 629. The molecule has 0 unspecified atom stereocenters. The third-order valence-corrected chi connectivity index (χ3v) is 5.31. The van der Waals surface area contributed by atoms with Gasteiger partial charge in [0.15, 0.2) is 0 Å². The van der Waals surface area contributed by atoms with Crippen LogP contribution in [-0.4, -0.2) is 43.6 Å². The molecule has 2 atom stereocenters. The number of methoxy groups -OCH3 is 2. The van der Waals surface area contributed by atoms with Crippen molar-refractivity contribution in [3.8, 4) is 5.75 Å². The molecule has 0 amide bonds. The van der Waals surface area contributed by atoms with Crippen molar-refractivity contribution in [1.82, 2.24) is 10.2 Å². The molecular formula is C17H23N3O2S. The van der Waals surface area contributed by atoms with Gasteiger partial charge in [0.25, 0.3) is 0 Å². The molecular weight excluding hydrogens is 310 g/mol. The molecule has 1 fully saturated rings. The molecule has 124 valence electrons. The summed E-state index contributed by atoms with van der Waals surface area (Å²) >= 11 is 1.66. The maximum atomic E-state index is 5.73. The van der Waals surface area contributed by atoms with E-state index in [4.69, 9.17) is 9.47 Å². The average molecular weight is 333 g/mol. The van der Waals surface area contributed by atoms with Crippen molar-refractivity contribution in [2.24, 2.45) is 5.92 Å². The summed E-state index contributed by atoms with van der Waals surface area (Å²) in [6.45, 7) is 3.93. The lowest BCUT2D eigenvalue weighted by molar-refractivity contribution is 0.0376. The highest BCUT2D eigenvalue weighted by atomic mass is 32.1. The van der Waals surface area contributed by atoms with Crippen LogP contribution >= 0.6 is 11.3 Å². The van der Waals surface area contributed by atoms with Gasteiger partial charge < -0.3 is 14.4 Å². The Balaban J connectivity index is 1.71. The molecule has 0 radical (unpaired) electrons. The second-order valence-electron chi connectivity index (χ2n) is 5.92. The maximum absolute atomic E-state index is 5.73. The van der Waals surface area contributed by atoms with E-state index < -0.39 is 0 Å². The molecule has 2 aromatic rings. The predicted octanol–water partition coefficient (Wildman–Crippen LogP) is 2.94. The highest BCUT2D eigenvalue weighted by Crippen LogP contribution is 2.29. The number of hydrogen-bond donors (Lipinski definition) is 0. The zero-order valence-electron chi connectivity index (χ0n) is 13.9. The molecule has 0 aliphatic carbocycles. The molecule has 5 nitrogen and oxygen atoms in total. The topological polar surface area (TPSA) is 47.5 Å². The van der Waals surface area contributed by atoms with Gasteiger partial charge in [-0.2, -0.15) is 0 Å². The van der Waals surface area contributed by atoms with Gasteiger partial charge in [-0.1, -0.05) is 23.5 Å². The lowest BCUT2D eigenvalue weighted by atomic mass is 9.88. The van der Waals surface area contributed by atoms with Gasteiger partial charge >= 0.3 is 0 Å². The van der Waals surface area contributed by atoms with Crippen LogP contribution in [0.25, 0.3) is 0 Å². The number of benzene rings is 1. The molecule has 2 heterocycles. The van der Waals surface area contributed by atoms with Crippen LogP contribution in [0.5, 0.6) is 5.75 Å². The van der Waals surface area contributed by atoms with E-state index in [0.29, 0.717) is 12.0 Å². The fraction of sp³-hybridized carbons (Fsp3) is 0.529. The lowest BCUT2D eigenvalue weighted by Crippen LogP contribution is -2.45. The Kier molecular flexibility index (Phi) is 5.13. The number of piperidine rings is 1. The van der Waals surface area contributed by atoms with E-state index in [2.05, 4.69) is 27.2 Å². The molecule has 3 rings (SSSR count). The van der Waals surface area contributed by atoms with E-state index in [1.54, 1.807) is 18.4 Å². The number of rotatable bonds is 5. The van der Waals surface area contributed by atoms with Crippen LogP contribution < -0.4 is 9.64 Å². The second kappa shape index (κ2) is 7.27. The highest BCUT2D eigenvalue weighted by Gasteiger charge is 2.30. The Hall–Kier alpha value is -1.66. The quantitative estimate of drug-likeness (QED) is 0.842. The zero-order valence-corrected chi connectivity index (χ0v) is 14.7. The van der Waals surface area contributed by atoms with Gasteiger partial charge in [-0.3, -0.25) is 0 Å². The van der Waals surface area contributed by atoms with Crippen LogP contribution in [0.3, 0.4) is 0 Å². The second-order valence-corrected chi connectivity index (χ2v) is 7.08. The molecule has 0 N–H and O–H groups in total. The van der Waals surface area contributed by atoms with Crippen LogP contribution in [0.1, 0.15) is 17.0 Å². The van der Waals surface area contributed by atoms with E-state index in [0.717, 1.165) is 41.8 Å². The van der Waals surface area contributed by atoms with Crippen molar-refractivity contribution in [2.45, 2.75) is 25.9 Å². The number of aryl methyl sites for hydroxylation is 1. The summed E-state index contributed by atoms with van der Waals surface area (Å²) in [7, 11) is 3.51. The normalized spacial score (nSPS) is 21.4. The molecule has 0 bridgehead atoms. The van der Waals surface area contributed by atoms with Gasteiger partial charge in [0.1, 0.15) is 10.8 Å². The SMILES string of the molecule is COc1ccc(C[C@H]2CN(c3nnc(C)s3)CC[C@@H]2OC)cc1. The summed E-state index contributed by atoms with van der Waals surface area (Å²) in [5, 5.41) is 10.5. The average Bonchev–Trinajstić information content (AvgIpc) is 3.02. The number of anilines is 1. The van der Waals surface area contributed by atoms with Gasteiger partial charge in [0.2, 0.25) is 5.13 Å². The first kappa shape index (κ1) is 16.2. The number of hydrogen-bond acceptors (Lipinski definition) is 6. The molecule has 0 saturated carbocycles. The first-order valence-electron chi connectivity index (χ1n) is 7.90. The van der Waals surface area contributed by atoms with E-state index in [-0.39, 0.29) is 0 Å². The summed E-state index contributed by atoms with van der Waals surface area (Å²) in [6, 6.07) is 8.32. The van der Waals surface area contributed by atoms with Crippen molar-refractivity contribution in [3.63, 3.8) is 0 Å². The van der Waals surface area contributed by atoms with Gasteiger partial charge in [0, 0.05) is 26.1 Å². The largest absolute Gasteiger partial charge is 0.497 e. The number of aromatic nitrogens is 2. The van der Waals surface area contributed by atoms with Crippen molar-refractivity contribution < 1.29 is 9.47 Å². The van der Waals surface area contributed by atoms with Gasteiger partial charge in [0.05, 0.1) is 13.2 Å². The first-order valence-corrected chi connectivity index (χ1v) is 8.72. The standard InChI is InChI=1S/C17H23N3O2S/c1-12-18-19-17(23-12)20-9-8-16(22-3)14(11-20)10-13-4-6-15(21-2)7-5-13/h4-7,14,16H,8-11H2,1-3H3/t14-,16-/m0/s1. The molecule has 1 saturated heterocycles. The van der Waals surface area contributed by atoms with Crippen LogP contribution in [-0.2, 0) is 11.2 Å². The summed E-state index contributed by atoms with van der Waals surface area (Å²) < 4.78 is 11.0. The minimum atomic E-state index is 0.294. The Morgan fingerprint density at radius 3 is 2.61 bits per heavy atom. The Morgan fingerprint density at radius 1 is 1.22 bits per heavy atom. The van der Waals surface area contributed by atoms with E-state index in [9.17, 15) is 0 Å². The summed E-state index contributed by atoms with van der Waals surface area (Å²) in [5.41, 5.74) is 1.31. The fourth-order valence-electron chi connectivity index (χ4n) is 3.17. The molecule has 1 aliphatic rings. The van der Waals surface area contributed by atoms with Crippen LogP contribution in [0.4, 0.5) is 5.13 Å². The van der Waals surface area contributed by atoms with E-state index >= 15 is 0 Å². The van der Waals surface area contributed by atoms with Gasteiger partial charge in [-0.25, -0.2) is 0 Å². The molecule has 23 heavy (non-hydrogen) atoms. The third kappa shape index (κ3) is 3.82. The van der Waals surface area contributed by atoms with Crippen molar-refractivity contribution >= 4 is 16.5 Å².